The van der Waals surface area contributed by atoms with Gasteiger partial charge in [-0.25, -0.2) is 9.78 Å². The first-order chi connectivity index (χ1) is 8.56. The summed E-state index contributed by atoms with van der Waals surface area (Å²) in [6.45, 7) is 1.13. The molecule has 0 bridgehead atoms. The molecule has 0 radical (unpaired) electrons. The Labute approximate surface area is 105 Å². The molecule has 0 aliphatic carbocycles. The zero-order valence-electron chi connectivity index (χ0n) is 10.4. The molecule has 6 heteroatoms. The van der Waals surface area contributed by atoms with Gasteiger partial charge in [-0.3, -0.25) is 4.79 Å². The maximum atomic E-state index is 12.0. The molecule has 98 valence electrons. The molecule has 6 nitrogen and oxygen atoms in total. The van der Waals surface area contributed by atoms with Crippen LogP contribution in [0.3, 0.4) is 0 Å². The van der Waals surface area contributed by atoms with Gasteiger partial charge >= 0.3 is 5.97 Å². The maximum Gasteiger partial charge on any atom is 0.354 e. The van der Waals surface area contributed by atoms with Crippen LogP contribution in [0.5, 0.6) is 0 Å². The van der Waals surface area contributed by atoms with Crippen molar-refractivity contribution in [2.75, 3.05) is 27.3 Å². The third kappa shape index (κ3) is 3.81. The van der Waals surface area contributed by atoms with Crippen molar-refractivity contribution in [2.45, 2.75) is 6.42 Å². The Morgan fingerprint density at radius 2 is 2.22 bits per heavy atom. The Balaban J connectivity index is 2.71. The fourth-order valence-corrected chi connectivity index (χ4v) is 1.45. The molecular weight excluding hydrogens is 236 g/mol. The lowest BCUT2D eigenvalue weighted by Gasteiger charge is -2.16. The number of methoxy groups -OCH3 is 1. The van der Waals surface area contributed by atoms with Crippen LogP contribution in [0.2, 0.25) is 0 Å². The van der Waals surface area contributed by atoms with E-state index in [-0.39, 0.29) is 11.6 Å². The minimum Gasteiger partial charge on any atom is -0.477 e. The number of pyridine rings is 1. The molecule has 0 atom stereocenters. The van der Waals surface area contributed by atoms with Gasteiger partial charge in [0.2, 0.25) is 0 Å². The first kappa shape index (κ1) is 14.1. The molecule has 18 heavy (non-hydrogen) atoms. The van der Waals surface area contributed by atoms with Gasteiger partial charge in [0.05, 0.1) is 0 Å². The average molecular weight is 252 g/mol. The van der Waals surface area contributed by atoms with E-state index in [4.69, 9.17) is 9.84 Å². The normalized spacial score (nSPS) is 10.1. The SMILES string of the molecule is COCCCN(C)C(=O)c1ccnc(C(=O)O)c1. The lowest BCUT2D eigenvalue weighted by molar-refractivity contribution is 0.0690. The van der Waals surface area contributed by atoms with Gasteiger partial charge in [0, 0.05) is 39.1 Å². The van der Waals surface area contributed by atoms with Crippen molar-refractivity contribution in [2.24, 2.45) is 0 Å². The third-order valence-corrected chi connectivity index (χ3v) is 2.41. The summed E-state index contributed by atoms with van der Waals surface area (Å²) in [5.41, 5.74) is 0.188. The highest BCUT2D eigenvalue weighted by molar-refractivity contribution is 5.96. The number of amides is 1. The summed E-state index contributed by atoms with van der Waals surface area (Å²) < 4.78 is 4.90. The van der Waals surface area contributed by atoms with Crippen molar-refractivity contribution < 1.29 is 19.4 Å². The monoisotopic (exact) mass is 252 g/mol. The summed E-state index contributed by atoms with van der Waals surface area (Å²) in [5, 5.41) is 8.80. The zero-order valence-corrected chi connectivity index (χ0v) is 10.4. The molecular formula is C12H16N2O4. The standard InChI is InChI=1S/C12H16N2O4/c1-14(6-3-7-18-2)11(15)9-4-5-13-10(8-9)12(16)17/h4-5,8H,3,6-7H2,1-2H3,(H,16,17). The average Bonchev–Trinajstić information content (AvgIpc) is 2.38. The second-order valence-electron chi connectivity index (χ2n) is 3.81. The number of rotatable bonds is 6. The van der Waals surface area contributed by atoms with Gasteiger partial charge in [0.25, 0.3) is 5.91 Å². The van der Waals surface area contributed by atoms with Crippen LogP contribution in [-0.2, 0) is 4.74 Å². The Morgan fingerprint density at radius 1 is 1.50 bits per heavy atom. The predicted octanol–water partition coefficient (Wildman–Crippen LogP) is 0.888. The Kier molecular flexibility index (Phi) is 5.26. The minimum absolute atomic E-state index is 0.133. The van der Waals surface area contributed by atoms with Gasteiger partial charge in [0.15, 0.2) is 0 Å². The second-order valence-corrected chi connectivity index (χ2v) is 3.81. The van der Waals surface area contributed by atoms with E-state index in [0.29, 0.717) is 18.7 Å². The van der Waals surface area contributed by atoms with Gasteiger partial charge in [-0.2, -0.15) is 0 Å². The Morgan fingerprint density at radius 3 is 2.83 bits per heavy atom. The van der Waals surface area contributed by atoms with Crippen LogP contribution in [0.15, 0.2) is 18.3 Å². The topological polar surface area (TPSA) is 79.7 Å². The molecule has 1 aromatic rings. The summed E-state index contributed by atoms with van der Waals surface area (Å²) in [7, 11) is 3.27. The number of carbonyl (C=O) groups is 2. The largest absolute Gasteiger partial charge is 0.477 e. The molecule has 1 amide bonds. The number of nitrogens with zero attached hydrogens (tertiary/aromatic N) is 2. The molecule has 0 unspecified atom stereocenters. The van der Waals surface area contributed by atoms with Crippen LogP contribution in [0.1, 0.15) is 27.3 Å². The molecule has 0 aliphatic rings. The number of aromatic carboxylic acids is 1. The highest BCUT2D eigenvalue weighted by atomic mass is 16.5. The van der Waals surface area contributed by atoms with Gasteiger partial charge in [-0.05, 0) is 18.6 Å². The lowest BCUT2D eigenvalue weighted by atomic mass is 10.2. The highest BCUT2D eigenvalue weighted by Crippen LogP contribution is 2.06. The number of carboxylic acid groups (broad SMARTS) is 1. The second kappa shape index (κ2) is 6.70. The van der Waals surface area contributed by atoms with E-state index in [1.54, 1.807) is 14.2 Å². The number of ether oxygens (including phenoxy) is 1. The van der Waals surface area contributed by atoms with E-state index in [2.05, 4.69) is 4.98 Å². The molecule has 0 aromatic carbocycles. The van der Waals surface area contributed by atoms with E-state index >= 15 is 0 Å². The summed E-state index contributed by atoms with van der Waals surface area (Å²) in [5.74, 6) is -1.37. The van der Waals surface area contributed by atoms with Crippen molar-refractivity contribution in [3.8, 4) is 0 Å². The van der Waals surface area contributed by atoms with Gasteiger partial charge in [-0.15, -0.1) is 0 Å². The van der Waals surface area contributed by atoms with Crippen LogP contribution in [0.4, 0.5) is 0 Å². The van der Waals surface area contributed by atoms with Gasteiger partial charge in [-0.1, -0.05) is 0 Å². The fourth-order valence-electron chi connectivity index (χ4n) is 1.45. The summed E-state index contributed by atoms with van der Waals surface area (Å²) in [6, 6.07) is 2.78. The van der Waals surface area contributed by atoms with Crippen LogP contribution in [0.25, 0.3) is 0 Å². The van der Waals surface area contributed by atoms with Crippen molar-refractivity contribution in [3.05, 3.63) is 29.6 Å². The van der Waals surface area contributed by atoms with Crippen LogP contribution >= 0.6 is 0 Å². The van der Waals surface area contributed by atoms with Crippen LogP contribution in [0, 0.1) is 0 Å². The predicted molar refractivity (Wildman–Crippen MR) is 64.6 cm³/mol. The van der Waals surface area contributed by atoms with Gasteiger partial charge < -0.3 is 14.7 Å². The van der Waals surface area contributed by atoms with Crippen molar-refractivity contribution >= 4 is 11.9 Å². The molecule has 1 rings (SSSR count). The number of carbonyl (C=O) groups excluding carboxylic acids is 1. The zero-order chi connectivity index (χ0) is 13.5. The third-order valence-electron chi connectivity index (χ3n) is 2.41. The lowest BCUT2D eigenvalue weighted by Crippen LogP contribution is -2.28. The maximum absolute atomic E-state index is 12.0. The fraction of sp³-hybridized carbons (Fsp3) is 0.417. The number of carboxylic acids is 1. The molecule has 0 saturated carbocycles. The molecule has 0 spiro atoms. The van der Waals surface area contributed by atoms with Crippen LogP contribution < -0.4 is 0 Å². The van der Waals surface area contributed by atoms with E-state index in [0.717, 1.165) is 6.42 Å². The molecule has 1 heterocycles. The first-order valence-electron chi connectivity index (χ1n) is 5.50. The molecule has 0 fully saturated rings. The summed E-state index contributed by atoms with van der Waals surface area (Å²) in [6.07, 6.45) is 2.05. The molecule has 1 aromatic heterocycles. The van der Waals surface area contributed by atoms with E-state index in [1.165, 1.54) is 23.2 Å². The first-order valence-corrected chi connectivity index (χ1v) is 5.50. The van der Waals surface area contributed by atoms with E-state index in [9.17, 15) is 9.59 Å². The quantitative estimate of drug-likeness (QED) is 0.760. The van der Waals surface area contributed by atoms with Crippen molar-refractivity contribution in [1.29, 1.82) is 0 Å². The van der Waals surface area contributed by atoms with E-state index < -0.39 is 5.97 Å². The summed E-state index contributed by atoms with van der Waals surface area (Å²) >= 11 is 0. The van der Waals surface area contributed by atoms with Crippen molar-refractivity contribution in [1.82, 2.24) is 9.88 Å². The number of hydrogen-bond acceptors (Lipinski definition) is 4. The molecule has 1 N–H and O–H groups in total. The Hall–Kier alpha value is -1.95. The minimum atomic E-state index is -1.15. The number of aromatic nitrogens is 1. The number of hydrogen-bond donors (Lipinski definition) is 1. The van der Waals surface area contributed by atoms with Crippen LogP contribution in [-0.4, -0.2) is 54.2 Å². The van der Waals surface area contributed by atoms with Crippen molar-refractivity contribution in [3.63, 3.8) is 0 Å². The highest BCUT2D eigenvalue weighted by Gasteiger charge is 2.14. The van der Waals surface area contributed by atoms with Gasteiger partial charge in [0.1, 0.15) is 5.69 Å². The molecule has 0 saturated heterocycles. The molecule has 0 aliphatic heterocycles. The van der Waals surface area contributed by atoms with E-state index in [1.807, 2.05) is 0 Å². The smallest absolute Gasteiger partial charge is 0.354 e. The summed E-state index contributed by atoms with van der Waals surface area (Å²) in [4.78, 5) is 27.9. The Bertz CT molecular complexity index is 434.